The van der Waals surface area contributed by atoms with Crippen molar-refractivity contribution in [3.05, 3.63) is 0 Å². The molecule has 0 radical (unpaired) electrons. The van der Waals surface area contributed by atoms with Crippen molar-refractivity contribution >= 4 is 12.0 Å². The number of hydrogen-bond donors (Lipinski definition) is 1. The molecule has 0 aliphatic carbocycles. The Morgan fingerprint density at radius 2 is 2.05 bits per heavy atom. The molecular formula is C16H28N2O4. The highest BCUT2D eigenvalue weighted by atomic mass is 16.6. The quantitative estimate of drug-likeness (QED) is 0.864. The third-order valence-electron chi connectivity index (χ3n) is 3.97. The van der Waals surface area contributed by atoms with Crippen LogP contribution in [0, 0.1) is 5.92 Å². The SMILES string of the molecule is CC(C)(C)OC(=O)N1CCCC(C(=O)NCC2CCCO2)C1. The number of nitrogens with one attached hydrogen (secondary N) is 1. The molecule has 6 heteroatoms. The van der Waals surface area contributed by atoms with E-state index in [0.717, 1.165) is 32.3 Å². The second kappa shape index (κ2) is 7.31. The predicted molar refractivity (Wildman–Crippen MR) is 82.5 cm³/mol. The Hall–Kier alpha value is -1.30. The lowest BCUT2D eigenvalue weighted by Gasteiger charge is -2.33. The monoisotopic (exact) mass is 312 g/mol. The van der Waals surface area contributed by atoms with Crippen molar-refractivity contribution < 1.29 is 19.1 Å². The van der Waals surface area contributed by atoms with Crippen LogP contribution in [0.25, 0.3) is 0 Å². The van der Waals surface area contributed by atoms with Gasteiger partial charge in [0.1, 0.15) is 5.60 Å². The number of nitrogens with zero attached hydrogens (tertiary/aromatic N) is 1. The molecular weight excluding hydrogens is 284 g/mol. The minimum Gasteiger partial charge on any atom is -0.444 e. The van der Waals surface area contributed by atoms with Crippen LogP contribution in [0.1, 0.15) is 46.5 Å². The molecule has 1 N–H and O–H groups in total. The van der Waals surface area contributed by atoms with Crippen molar-refractivity contribution in [2.45, 2.75) is 58.2 Å². The molecule has 2 fully saturated rings. The van der Waals surface area contributed by atoms with E-state index in [4.69, 9.17) is 9.47 Å². The maximum absolute atomic E-state index is 12.3. The van der Waals surface area contributed by atoms with E-state index >= 15 is 0 Å². The number of amides is 2. The molecule has 2 heterocycles. The number of likely N-dealkylation sites (tertiary alicyclic amines) is 1. The minimum absolute atomic E-state index is 0.0174. The van der Waals surface area contributed by atoms with E-state index in [9.17, 15) is 9.59 Å². The number of ether oxygens (including phenoxy) is 2. The average Bonchev–Trinajstić information content (AvgIpc) is 2.96. The molecule has 2 amide bonds. The molecule has 0 spiro atoms. The number of carbonyl (C=O) groups excluding carboxylic acids is 2. The summed E-state index contributed by atoms with van der Waals surface area (Å²) in [4.78, 5) is 26.0. The summed E-state index contributed by atoms with van der Waals surface area (Å²) in [5.74, 6) is -0.133. The molecule has 126 valence electrons. The highest BCUT2D eigenvalue weighted by molar-refractivity contribution is 5.80. The molecule has 2 rings (SSSR count). The van der Waals surface area contributed by atoms with Gasteiger partial charge in [0.15, 0.2) is 0 Å². The second-order valence-electron chi connectivity index (χ2n) is 7.15. The van der Waals surface area contributed by atoms with E-state index in [-0.39, 0.29) is 24.0 Å². The molecule has 2 unspecified atom stereocenters. The minimum atomic E-state index is -0.508. The molecule has 0 aromatic heterocycles. The first-order valence-electron chi connectivity index (χ1n) is 8.22. The summed E-state index contributed by atoms with van der Waals surface area (Å²) in [6.45, 7) is 8.00. The van der Waals surface area contributed by atoms with Crippen LogP contribution in [0.15, 0.2) is 0 Å². The lowest BCUT2D eigenvalue weighted by Crippen LogP contribution is -2.47. The van der Waals surface area contributed by atoms with Crippen LogP contribution in [-0.2, 0) is 14.3 Å². The van der Waals surface area contributed by atoms with Crippen LogP contribution >= 0.6 is 0 Å². The first kappa shape index (κ1) is 17.1. The molecule has 6 nitrogen and oxygen atoms in total. The van der Waals surface area contributed by atoms with E-state index in [1.54, 1.807) is 4.90 Å². The first-order chi connectivity index (χ1) is 10.3. The number of rotatable bonds is 3. The van der Waals surface area contributed by atoms with Gasteiger partial charge in [-0.05, 0) is 46.5 Å². The Balaban J connectivity index is 1.79. The maximum atomic E-state index is 12.3. The van der Waals surface area contributed by atoms with Crippen molar-refractivity contribution in [2.75, 3.05) is 26.2 Å². The lowest BCUT2D eigenvalue weighted by molar-refractivity contribution is -0.127. The lowest BCUT2D eigenvalue weighted by atomic mass is 9.97. The van der Waals surface area contributed by atoms with Gasteiger partial charge in [-0.1, -0.05) is 0 Å². The van der Waals surface area contributed by atoms with Crippen molar-refractivity contribution in [3.8, 4) is 0 Å². The van der Waals surface area contributed by atoms with Gasteiger partial charge in [-0.25, -0.2) is 4.79 Å². The van der Waals surface area contributed by atoms with Gasteiger partial charge in [0.2, 0.25) is 5.91 Å². The summed E-state index contributed by atoms with van der Waals surface area (Å²) in [5.41, 5.74) is -0.508. The van der Waals surface area contributed by atoms with Gasteiger partial charge in [-0.3, -0.25) is 4.79 Å². The summed E-state index contributed by atoms with van der Waals surface area (Å²) >= 11 is 0. The van der Waals surface area contributed by atoms with E-state index in [0.29, 0.717) is 19.6 Å². The largest absolute Gasteiger partial charge is 0.444 e. The van der Waals surface area contributed by atoms with Crippen LogP contribution in [0.5, 0.6) is 0 Å². The van der Waals surface area contributed by atoms with E-state index < -0.39 is 5.60 Å². The number of piperidine rings is 1. The van der Waals surface area contributed by atoms with Crippen LogP contribution in [0.3, 0.4) is 0 Å². The molecule has 0 aromatic carbocycles. The molecule has 22 heavy (non-hydrogen) atoms. The van der Waals surface area contributed by atoms with Gasteiger partial charge in [0.25, 0.3) is 0 Å². The van der Waals surface area contributed by atoms with Crippen molar-refractivity contribution in [1.82, 2.24) is 10.2 Å². The van der Waals surface area contributed by atoms with Gasteiger partial charge in [0, 0.05) is 26.2 Å². The summed E-state index contributed by atoms with van der Waals surface area (Å²) in [6.07, 6.45) is 3.54. The van der Waals surface area contributed by atoms with E-state index in [1.165, 1.54) is 0 Å². The van der Waals surface area contributed by atoms with Crippen LogP contribution < -0.4 is 5.32 Å². The number of hydrogen-bond acceptors (Lipinski definition) is 4. The predicted octanol–water partition coefficient (Wildman–Crippen LogP) is 1.93. The topological polar surface area (TPSA) is 67.9 Å². The van der Waals surface area contributed by atoms with E-state index in [2.05, 4.69) is 5.32 Å². The summed E-state index contributed by atoms with van der Waals surface area (Å²) in [5, 5.41) is 2.96. The Morgan fingerprint density at radius 1 is 1.27 bits per heavy atom. The van der Waals surface area contributed by atoms with Crippen molar-refractivity contribution in [2.24, 2.45) is 5.92 Å². The fourth-order valence-corrected chi connectivity index (χ4v) is 2.85. The van der Waals surface area contributed by atoms with Crippen molar-refractivity contribution in [3.63, 3.8) is 0 Å². The zero-order valence-electron chi connectivity index (χ0n) is 13.9. The van der Waals surface area contributed by atoms with Gasteiger partial charge in [-0.2, -0.15) is 0 Å². The van der Waals surface area contributed by atoms with Gasteiger partial charge in [0.05, 0.1) is 12.0 Å². The third kappa shape index (κ3) is 5.16. The highest BCUT2D eigenvalue weighted by Crippen LogP contribution is 2.20. The Labute approximate surface area is 132 Å². The molecule has 0 bridgehead atoms. The first-order valence-corrected chi connectivity index (χ1v) is 8.22. The molecule has 2 atom stereocenters. The maximum Gasteiger partial charge on any atom is 0.410 e. The standard InChI is InChI=1S/C16H28N2O4/c1-16(2,3)22-15(20)18-8-4-6-12(11-18)14(19)17-10-13-7-5-9-21-13/h12-13H,4-11H2,1-3H3,(H,17,19). The Morgan fingerprint density at radius 3 is 2.68 bits per heavy atom. The van der Waals surface area contributed by atoms with Gasteiger partial charge < -0.3 is 19.7 Å². The summed E-state index contributed by atoms with van der Waals surface area (Å²) in [7, 11) is 0. The van der Waals surface area contributed by atoms with Crippen LogP contribution in [0.2, 0.25) is 0 Å². The Bertz CT molecular complexity index is 399. The molecule has 2 aliphatic heterocycles. The Kier molecular flexibility index (Phi) is 5.67. The molecule has 0 saturated carbocycles. The van der Waals surface area contributed by atoms with Gasteiger partial charge in [-0.15, -0.1) is 0 Å². The average molecular weight is 312 g/mol. The van der Waals surface area contributed by atoms with Crippen molar-refractivity contribution in [1.29, 1.82) is 0 Å². The fraction of sp³-hybridized carbons (Fsp3) is 0.875. The molecule has 0 aromatic rings. The summed E-state index contributed by atoms with van der Waals surface area (Å²) < 4.78 is 10.9. The molecule has 2 aliphatic rings. The third-order valence-corrected chi connectivity index (χ3v) is 3.97. The smallest absolute Gasteiger partial charge is 0.410 e. The van der Waals surface area contributed by atoms with Crippen LogP contribution in [-0.4, -0.2) is 54.8 Å². The normalized spacial score (nSPS) is 25.9. The van der Waals surface area contributed by atoms with Gasteiger partial charge >= 0.3 is 6.09 Å². The zero-order valence-corrected chi connectivity index (χ0v) is 13.9. The zero-order chi connectivity index (χ0) is 16.2. The highest BCUT2D eigenvalue weighted by Gasteiger charge is 2.31. The summed E-state index contributed by atoms with van der Waals surface area (Å²) in [6, 6.07) is 0. The van der Waals surface area contributed by atoms with Crippen LogP contribution in [0.4, 0.5) is 4.79 Å². The number of carbonyl (C=O) groups is 2. The van der Waals surface area contributed by atoms with E-state index in [1.807, 2.05) is 20.8 Å². The fourth-order valence-electron chi connectivity index (χ4n) is 2.85. The molecule has 2 saturated heterocycles. The second-order valence-corrected chi connectivity index (χ2v) is 7.15.